The Kier molecular flexibility index (Phi) is 14.9. The van der Waals surface area contributed by atoms with E-state index in [1.165, 1.54) is 48.7 Å². The number of amides is 1. The molecule has 8 aromatic rings. The van der Waals surface area contributed by atoms with E-state index in [1.54, 1.807) is 91.6 Å². The van der Waals surface area contributed by atoms with E-state index < -0.39 is 42.8 Å². The summed E-state index contributed by atoms with van der Waals surface area (Å²) in [7, 11) is 1.55. The molecule has 4 N–H and O–H groups in total. The largest absolute Gasteiger partial charge is 0.478 e. The minimum absolute atomic E-state index is 0.155. The first-order valence-corrected chi connectivity index (χ1v) is 21.8. The molecule has 370 valence electrons. The number of nitrogens with one attached hydrogen (secondary N) is 3. The van der Waals surface area contributed by atoms with Gasteiger partial charge in [0.1, 0.15) is 34.6 Å². The molecule has 12 nitrogen and oxygen atoms in total. The van der Waals surface area contributed by atoms with Gasteiger partial charge in [-0.05, 0) is 86.3 Å². The molecule has 1 amide bonds. The van der Waals surface area contributed by atoms with E-state index in [4.69, 9.17) is 9.47 Å². The Bertz CT molecular complexity index is 3280. The molecule has 0 saturated heterocycles. The molecule has 8 rings (SSSR count). The SMILES string of the molecule is CNC(=O)c1ccc(-c2cnc3c(NCCC(F)(F)F)cc(Oc4cc(F)ccc4C)cn23)cc1C.Cc1ccc(F)cc1Oc1cc(NCCC(F)(F)F)c2ncc(-c3ccc(C(=O)O)c(C)c3)n2c1. The maximum Gasteiger partial charge on any atom is 0.390 e. The first-order chi connectivity index (χ1) is 33.6. The smallest absolute Gasteiger partial charge is 0.390 e. The highest BCUT2D eigenvalue weighted by molar-refractivity contribution is 5.96. The number of benzene rings is 4. The molecule has 0 atom stereocenters. The van der Waals surface area contributed by atoms with E-state index in [2.05, 4.69) is 25.9 Å². The number of halogens is 8. The van der Waals surface area contributed by atoms with Gasteiger partial charge in [-0.15, -0.1) is 0 Å². The third-order valence-electron chi connectivity index (χ3n) is 11.1. The van der Waals surface area contributed by atoms with Gasteiger partial charge in [0.25, 0.3) is 5.91 Å². The zero-order valence-electron chi connectivity index (χ0n) is 38.6. The van der Waals surface area contributed by atoms with Crippen molar-refractivity contribution >= 4 is 34.5 Å². The number of aryl methyl sites for hydroxylation is 4. The first kappa shape index (κ1) is 50.7. The van der Waals surface area contributed by atoms with Gasteiger partial charge in [0.15, 0.2) is 11.3 Å². The van der Waals surface area contributed by atoms with Gasteiger partial charge in [0, 0.05) is 61.1 Å². The minimum atomic E-state index is -4.33. The van der Waals surface area contributed by atoms with Crippen LogP contribution in [0.1, 0.15) is 55.8 Å². The number of aromatic carboxylic acids is 1. The van der Waals surface area contributed by atoms with Crippen LogP contribution in [0.4, 0.5) is 46.5 Å². The number of fused-ring (bicyclic) bond motifs is 2. The van der Waals surface area contributed by atoms with Crippen LogP contribution in [0.5, 0.6) is 23.0 Å². The molecular formula is C51H45F8N7O5. The summed E-state index contributed by atoms with van der Waals surface area (Å²) < 4.78 is 119. The lowest BCUT2D eigenvalue weighted by molar-refractivity contribution is -0.132. The number of rotatable bonds is 14. The van der Waals surface area contributed by atoms with Gasteiger partial charge in [-0.2, -0.15) is 26.3 Å². The second-order valence-electron chi connectivity index (χ2n) is 16.4. The third kappa shape index (κ3) is 12.4. The van der Waals surface area contributed by atoms with Crippen LogP contribution < -0.4 is 25.4 Å². The van der Waals surface area contributed by atoms with Gasteiger partial charge in [-0.1, -0.05) is 24.3 Å². The molecule has 4 aromatic carbocycles. The molecule has 20 heteroatoms. The number of aromatic nitrogens is 4. The molecule has 0 spiro atoms. The first-order valence-electron chi connectivity index (χ1n) is 21.8. The summed E-state index contributed by atoms with van der Waals surface area (Å²) in [5, 5.41) is 17.5. The van der Waals surface area contributed by atoms with Crippen LogP contribution in [0.15, 0.2) is 110 Å². The van der Waals surface area contributed by atoms with Crippen LogP contribution in [0.3, 0.4) is 0 Å². The molecule has 0 unspecified atom stereocenters. The van der Waals surface area contributed by atoms with Gasteiger partial charge in [-0.3, -0.25) is 13.6 Å². The van der Waals surface area contributed by atoms with Crippen LogP contribution in [-0.2, 0) is 0 Å². The Morgan fingerprint density at radius 3 is 1.39 bits per heavy atom. The number of nitrogens with zero attached hydrogens (tertiary/aromatic N) is 4. The van der Waals surface area contributed by atoms with Gasteiger partial charge < -0.3 is 30.5 Å². The van der Waals surface area contributed by atoms with Gasteiger partial charge in [0.2, 0.25) is 0 Å². The average Bonchev–Trinajstić information content (AvgIpc) is 3.93. The number of imidazole rings is 2. The molecule has 0 fully saturated rings. The Morgan fingerprint density at radius 1 is 0.592 bits per heavy atom. The molecule has 0 aliphatic heterocycles. The van der Waals surface area contributed by atoms with E-state index in [-0.39, 0.29) is 47.6 Å². The van der Waals surface area contributed by atoms with Crippen molar-refractivity contribution < 1.29 is 59.3 Å². The summed E-state index contributed by atoms with van der Waals surface area (Å²) in [6, 6.07) is 21.3. The van der Waals surface area contributed by atoms with E-state index in [1.807, 2.05) is 13.0 Å². The predicted molar refractivity (Wildman–Crippen MR) is 252 cm³/mol. The second kappa shape index (κ2) is 20.8. The summed E-state index contributed by atoms with van der Waals surface area (Å²) in [4.78, 5) is 32.2. The van der Waals surface area contributed by atoms with Crippen molar-refractivity contribution in [1.82, 2.24) is 24.1 Å². The van der Waals surface area contributed by atoms with Crippen LogP contribution in [0, 0.1) is 39.3 Å². The minimum Gasteiger partial charge on any atom is -0.478 e. The highest BCUT2D eigenvalue weighted by atomic mass is 19.4. The van der Waals surface area contributed by atoms with Crippen LogP contribution in [-0.4, -0.2) is 68.2 Å². The molecule has 71 heavy (non-hydrogen) atoms. The Balaban J connectivity index is 0.000000209. The van der Waals surface area contributed by atoms with E-state index in [9.17, 15) is 49.8 Å². The zero-order chi connectivity index (χ0) is 51.4. The number of hydrogen-bond donors (Lipinski definition) is 4. The highest BCUT2D eigenvalue weighted by Crippen LogP contribution is 2.36. The fraction of sp³-hybridized carbons (Fsp3) is 0.216. The maximum absolute atomic E-state index is 13.8. The van der Waals surface area contributed by atoms with Crippen LogP contribution >= 0.6 is 0 Å². The number of hydrogen-bond acceptors (Lipinski definition) is 8. The quantitative estimate of drug-likeness (QED) is 0.0783. The normalized spacial score (nSPS) is 11.6. The van der Waals surface area contributed by atoms with Crippen molar-refractivity contribution in [2.45, 2.75) is 52.9 Å². The number of carboxylic acid groups (broad SMARTS) is 1. The molecule has 0 aliphatic carbocycles. The van der Waals surface area contributed by atoms with Crippen molar-refractivity contribution in [3.8, 4) is 45.5 Å². The lowest BCUT2D eigenvalue weighted by Crippen LogP contribution is -2.18. The molecule has 4 aromatic heterocycles. The van der Waals surface area contributed by atoms with Gasteiger partial charge >= 0.3 is 18.3 Å². The summed E-state index contributed by atoms with van der Waals surface area (Å²) in [5.41, 5.74) is 7.29. The van der Waals surface area contributed by atoms with Crippen LogP contribution in [0.2, 0.25) is 0 Å². The van der Waals surface area contributed by atoms with E-state index >= 15 is 0 Å². The Labute approximate surface area is 400 Å². The zero-order valence-corrected chi connectivity index (χ0v) is 38.6. The van der Waals surface area contributed by atoms with Crippen molar-refractivity contribution in [2.75, 3.05) is 30.8 Å². The van der Waals surface area contributed by atoms with Gasteiger partial charge in [0.05, 0.1) is 66.0 Å². The topological polar surface area (TPSA) is 144 Å². The van der Waals surface area contributed by atoms with Crippen LogP contribution in [0.25, 0.3) is 33.8 Å². The second-order valence-corrected chi connectivity index (χ2v) is 16.4. The summed E-state index contributed by atoms with van der Waals surface area (Å²) >= 11 is 0. The number of carbonyl (C=O) groups is 2. The fourth-order valence-electron chi connectivity index (χ4n) is 7.50. The van der Waals surface area contributed by atoms with Crippen molar-refractivity contribution in [2.24, 2.45) is 0 Å². The van der Waals surface area contributed by atoms with E-state index in [0.717, 1.165) is 11.1 Å². The van der Waals surface area contributed by atoms with Gasteiger partial charge in [-0.25, -0.2) is 23.5 Å². The summed E-state index contributed by atoms with van der Waals surface area (Å²) in [6.07, 6.45) is -4.36. The number of ether oxygens (including phenoxy) is 2. The highest BCUT2D eigenvalue weighted by Gasteiger charge is 2.28. The molecule has 0 aliphatic rings. The number of carboxylic acids is 1. The monoisotopic (exact) mass is 987 g/mol. The average molecular weight is 988 g/mol. The number of alkyl halides is 6. The lowest BCUT2D eigenvalue weighted by Gasteiger charge is -2.15. The number of pyridine rings is 2. The third-order valence-corrected chi connectivity index (χ3v) is 11.1. The van der Waals surface area contributed by atoms with Crippen molar-refractivity contribution in [1.29, 1.82) is 0 Å². The summed E-state index contributed by atoms with van der Waals surface area (Å²) in [5.74, 6) is -1.17. The van der Waals surface area contributed by atoms with E-state index in [0.29, 0.717) is 61.9 Å². The molecule has 4 heterocycles. The molecule has 0 radical (unpaired) electrons. The maximum atomic E-state index is 13.8. The van der Waals surface area contributed by atoms with Crippen molar-refractivity contribution in [3.63, 3.8) is 0 Å². The predicted octanol–water partition coefficient (Wildman–Crippen LogP) is 12.9. The Morgan fingerprint density at radius 2 is 1.01 bits per heavy atom. The van der Waals surface area contributed by atoms with Crippen molar-refractivity contribution in [3.05, 3.63) is 155 Å². The fourth-order valence-corrected chi connectivity index (χ4v) is 7.50. The summed E-state index contributed by atoms with van der Waals surface area (Å²) in [6.45, 7) is 6.24. The molecule has 0 saturated carbocycles. The number of carbonyl (C=O) groups excluding carboxylic acids is 1. The number of anilines is 2. The standard InChI is InChI=1S/C26H24F4N4O2.C25H21F4N3O3/c1-15-4-6-18(27)11-23(15)36-19-12-21(32-9-8-26(28,29)30)24-33-13-22(34(24)14-19)17-5-7-20(16(2)10-17)25(35)31-3;1-14-3-5-17(26)10-22(14)35-18-11-20(30-8-7-25(27,28)29)23-31-12-21(32(23)13-18)16-4-6-19(24(33)34)15(2)9-16/h4-7,10-14,32H,8-9H2,1-3H3,(H,31,35);3-6,9-13,30H,7-8H2,1-2H3,(H,33,34). The molecule has 0 bridgehead atoms. The Hall–Kier alpha value is -8.16. The molecular weight excluding hydrogens is 943 g/mol. The lowest BCUT2D eigenvalue weighted by atomic mass is 10.0.